The Morgan fingerprint density at radius 3 is 2.45 bits per heavy atom. The zero-order valence-electron chi connectivity index (χ0n) is 10.9. The molecule has 0 spiro atoms. The van der Waals surface area contributed by atoms with Crippen LogP contribution in [0.3, 0.4) is 0 Å². The quantitative estimate of drug-likeness (QED) is 0.637. The first-order chi connectivity index (χ1) is 9.27. The normalized spacial score (nSPS) is 11.4. The zero-order valence-corrected chi connectivity index (χ0v) is 13.2. The lowest BCUT2D eigenvalue weighted by atomic mass is 10.2. The summed E-state index contributed by atoms with van der Waals surface area (Å²) in [5, 5.41) is 4.89. The highest BCUT2D eigenvalue weighted by Gasteiger charge is 2.20. The van der Waals surface area contributed by atoms with E-state index < -0.39 is 16.0 Å². The van der Waals surface area contributed by atoms with Crippen molar-refractivity contribution in [1.29, 1.82) is 0 Å². The Bertz CT molecular complexity index is 602. The standard InChI is InChI=1S/C12H15Cl2NO4S/c1-2-3-4-5-19-12(16)8-6-11(20(15,17)18)10(14)7-9(8)13/h6-7H,2-5H2,1H3,(H2,15,17,18). The smallest absolute Gasteiger partial charge is 0.339 e. The Hall–Kier alpha value is -0.820. The highest BCUT2D eigenvalue weighted by molar-refractivity contribution is 7.89. The van der Waals surface area contributed by atoms with Crippen molar-refractivity contribution in [2.24, 2.45) is 5.14 Å². The van der Waals surface area contributed by atoms with Crippen LogP contribution < -0.4 is 5.14 Å². The largest absolute Gasteiger partial charge is 0.462 e. The van der Waals surface area contributed by atoms with Gasteiger partial charge in [-0.2, -0.15) is 0 Å². The first kappa shape index (κ1) is 17.2. The number of ether oxygens (including phenoxy) is 1. The Kier molecular flexibility index (Phi) is 6.26. The molecule has 0 amide bonds. The third kappa shape index (κ3) is 4.63. The van der Waals surface area contributed by atoms with Crippen molar-refractivity contribution in [2.45, 2.75) is 31.1 Å². The van der Waals surface area contributed by atoms with Gasteiger partial charge in [-0.25, -0.2) is 18.4 Å². The van der Waals surface area contributed by atoms with Crippen LogP contribution in [0.15, 0.2) is 17.0 Å². The lowest BCUT2D eigenvalue weighted by molar-refractivity contribution is 0.0498. The number of halogens is 2. The minimum absolute atomic E-state index is 0.0166. The SMILES string of the molecule is CCCCCOC(=O)c1cc(S(N)(=O)=O)c(Cl)cc1Cl. The minimum atomic E-state index is -4.03. The Morgan fingerprint density at radius 1 is 1.25 bits per heavy atom. The Labute approximate surface area is 128 Å². The molecule has 0 aliphatic heterocycles. The predicted octanol–water partition coefficient (Wildman–Crippen LogP) is 2.99. The topological polar surface area (TPSA) is 86.5 Å². The van der Waals surface area contributed by atoms with E-state index in [0.29, 0.717) is 0 Å². The number of nitrogens with two attached hydrogens (primary N) is 1. The molecular formula is C12H15Cl2NO4S. The fraction of sp³-hybridized carbons (Fsp3) is 0.417. The predicted molar refractivity (Wildman–Crippen MR) is 77.6 cm³/mol. The van der Waals surface area contributed by atoms with E-state index >= 15 is 0 Å². The maximum Gasteiger partial charge on any atom is 0.339 e. The molecule has 0 aliphatic carbocycles. The van der Waals surface area contributed by atoms with Crippen molar-refractivity contribution >= 4 is 39.2 Å². The molecule has 20 heavy (non-hydrogen) atoms. The number of rotatable bonds is 6. The van der Waals surface area contributed by atoms with Gasteiger partial charge in [-0.1, -0.05) is 43.0 Å². The molecule has 0 radical (unpaired) electrons. The summed E-state index contributed by atoms with van der Waals surface area (Å²) in [5.41, 5.74) is -0.0726. The van der Waals surface area contributed by atoms with Gasteiger partial charge in [0.15, 0.2) is 0 Å². The van der Waals surface area contributed by atoms with E-state index in [2.05, 4.69) is 0 Å². The second kappa shape index (κ2) is 7.26. The molecule has 0 aliphatic rings. The van der Waals surface area contributed by atoms with Crippen molar-refractivity contribution < 1.29 is 17.9 Å². The van der Waals surface area contributed by atoms with Gasteiger partial charge < -0.3 is 4.74 Å². The van der Waals surface area contributed by atoms with Gasteiger partial charge in [-0.15, -0.1) is 0 Å². The Morgan fingerprint density at radius 2 is 1.90 bits per heavy atom. The van der Waals surface area contributed by atoms with Crippen molar-refractivity contribution in [1.82, 2.24) is 0 Å². The molecule has 112 valence electrons. The number of esters is 1. The number of carbonyl (C=O) groups is 1. The van der Waals surface area contributed by atoms with Gasteiger partial charge in [-0.05, 0) is 18.6 Å². The van der Waals surface area contributed by atoms with Crippen molar-refractivity contribution in [2.75, 3.05) is 6.61 Å². The van der Waals surface area contributed by atoms with Gasteiger partial charge in [0.25, 0.3) is 0 Å². The maximum absolute atomic E-state index is 11.8. The summed E-state index contributed by atoms with van der Waals surface area (Å²) in [7, 11) is -4.03. The molecule has 5 nitrogen and oxygen atoms in total. The fourth-order valence-electron chi connectivity index (χ4n) is 1.50. The fourth-order valence-corrected chi connectivity index (χ4v) is 2.89. The Balaban J connectivity index is 2.98. The summed E-state index contributed by atoms with van der Waals surface area (Å²) in [6, 6.07) is 2.19. The van der Waals surface area contributed by atoms with Crippen molar-refractivity contribution in [3.63, 3.8) is 0 Å². The number of benzene rings is 1. The molecule has 1 rings (SSSR count). The monoisotopic (exact) mass is 339 g/mol. The summed E-state index contributed by atoms with van der Waals surface area (Å²) in [6.45, 7) is 2.27. The van der Waals surface area contributed by atoms with Crippen LogP contribution in [0.5, 0.6) is 0 Å². The van der Waals surface area contributed by atoms with E-state index in [0.717, 1.165) is 31.4 Å². The summed E-state index contributed by atoms with van der Waals surface area (Å²) < 4.78 is 27.7. The van der Waals surface area contributed by atoms with Crippen LogP contribution in [0.25, 0.3) is 0 Å². The first-order valence-electron chi connectivity index (χ1n) is 5.96. The molecule has 0 saturated heterocycles. The van der Waals surface area contributed by atoms with Crippen molar-refractivity contribution in [3.05, 3.63) is 27.7 Å². The first-order valence-corrected chi connectivity index (χ1v) is 8.26. The highest BCUT2D eigenvalue weighted by atomic mass is 35.5. The van der Waals surface area contributed by atoms with E-state index in [-0.39, 0.29) is 27.1 Å². The van der Waals surface area contributed by atoms with Gasteiger partial charge in [0.1, 0.15) is 4.90 Å². The molecule has 1 aromatic rings. The molecule has 2 N–H and O–H groups in total. The van der Waals surface area contributed by atoms with Crippen LogP contribution in [0.1, 0.15) is 36.5 Å². The van der Waals surface area contributed by atoms with Gasteiger partial charge >= 0.3 is 5.97 Å². The van der Waals surface area contributed by atoms with E-state index in [4.69, 9.17) is 33.1 Å². The zero-order chi connectivity index (χ0) is 15.3. The summed E-state index contributed by atoms with van der Waals surface area (Å²) >= 11 is 11.6. The number of sulfonamides is 1. The number of hydrogen-bond donors (Lipinski definition) is 1. The average Bonchev–Trinajstić information content (AvgIpc) is 2.32. The molecule has 0 atom stereocenters. The molecular weight excluding hydrogens is 325 g/mol. The van der Waals surface area contributed by atoms with Crippen LogP contribution >= 0.6 is 23.2 Å². The molecule has 1 aromatic carbocycles. The van der Waals surface area contributed by atoms with Crippen LogP contribution in [0.2, 0.25) is 10.0 Å². The van der Waals surface area contributed by atoms with Crippen LogP contribution in [0, 0.1) is 0 Å². The summed E-state index contributed by atoms with van der Waals surface area (Å²) in [6.07, 6.45) is 2.66. The van der Waals surface area contributed by atoms with Crippen LogP contribution in [-0.2, 0) is 14.8 Å². The minimum Gasteiger partial charge on any atom is -0.462 e. The lowest BCUT2D eigenvalue weighted by Crippen LogP contribution is -2.15. The number of hydrogen-bond acceptors (Lipinski definition) is 4. The summed E-state index contributed by atoms with van der Waals surface area (Å²) in [4.78, 5) is 11.5. The second-order valence-electron chi connectivity index (χ2n) is 4.15. The molecule has 8 heteroatoms. The van der Waals surface area contributed by atoms with E-state index in [1.165, 1.54) is 0 Å². The van der Waals surface area contributed by atoms with Gasteiger partial charge in [0, 0.05) is 0 Å². The van der Waals surface area contributed by atoms with Gasteiger partial charge in [-0.3, -0.25) is 0 Å². The van der Waals surface area contributed by atoms with E-state index in [1.807, 2.05) is 6.92 Å². The molecule has 0 bridgehead atoms. The van der Waals surface area contributed by atoms with Gasteiger partial charge in [0.2, 0.25) is 10.0 Å². The maximum atomic E-state index is 11.8. The third-order valence-electron chi connectivity index (χ3n) is 2.53. The molecule has 0 unspecified atom stereocenters. The second-order valence-corrected chi connectivity index (χ2v) is 6.49. The van der Waals surface area contributed by atoms with E-state index in [9.17, 15) is 13.2 Å². The molecule has 0 saturated carbocycles. The van der Waals surface area contributed by atoms with Crippen LogP contribution in [-0.4, -0.2) is 21.0 Å². The summed E-state index contributed by atoms with van der Waals surface area (Å²) in [5.74, 6) is -0.701. The van der Waals surface area contributed by atoms with Gasteiger partial charge in [0.05, 0.1) is 22.2 Å². The third-order valence-corrected chi connectivity index (χ3v) is 4.22. The van der Waals surface area contributed by atoms with E-state index in [1.54, 1.807) is 0 Å². The number of carbonyl (C=O) groups excluding carboxylic acids is 1. The van der Waals surface area contributed by atoms with Crippen molar-refractivity contribution in [3.8, 4) is 0 Å². The average molecular weight is 340 g/mol. The van der Waals surface area contributed by atoms with Crippen LogP contribution in [0.4, 0.5) is 0 Å². The lowest BCUT2D eigenvalue weighted by Gasteiger charge is -2.09. The molecule has 0 aromatic heterocycles. The number of primary sulfonamides is 1. The highest BCUT2D eigenvalue weighted by Crippen LogP contribution is 2.28. The molecule has 0 heterocycles. The number of unbranched alkanes of at least 4 members (excludes halogenated alkanes) is 2. The molecule has 0 fully saturated rings.